The number of aromatic amines is 1. The molecule has 37 heavy (non-hydrogen) atoms. The summed E-state index contributed by atoms with van der Waals surface area (Å²) in [5, 5.41) is 0.388. The lowest BCUT2D eigenvalue weighted by atomic mass is 9.88. The summed E-state index contributed by atoms with van der Waals surface area (Å²) in [4.78, 5) is 56.7. The molecule has 8 nitrogen and oxygen atoms in total. The van der Waals surface area contributed by atoms with Gasteiger partial charge in [-0.25, -0.2) is 9.18 Å². The fourth-order valence-corrected chi connectivity index (χ4v) is 5.49. The summed E-state index contributed by atoms with van der Waals surface area (Å²) in [7, 11) is 0. The Morgan fingerprint density at radius 2 is 1.65 bits per heavy atom. The van der Waals surface area contributed by atoms with Gasteiger partial charge < -0.3 is 9.80 Å². The molecule has 1 saturated carbocycles. The Labute approximate surface area is 213 Å². The number of benzene rings is 2. The monoisotopic (exact) mass is 506 g/mol. The van der Waals surface area contributed by atoms with Crippen LogP contribution in [0.1, 0.15) is 53.6 Å². The molecule has 2 fully saturated rings. The zero-order valence-electron chi connectivity index (χ0n) is 21.0. The normalized spacial score (nSPS) is 16.8. The minimum absolute atomic E-state index is 0.0674. The van der Waals surface area contributed by atoms with Gasteiger partial charge in [0.1, 0.15) is 5.82 Å². The minimum atomic E-state index is -0.635. The number of amides is 2. The molecule has 1 aliphatic heterocycles. The van der Waals surface area contributed by atoms with Gasteiger partial charge in [0.15, 0.2) is 0 Å². The quantitative estimate of drug-likeness (QED) is 0.589. The predicted molar refractivity (Wildman–Crippen MR) is 138 cm³/mol. The van der Waals surface area contributed by atoms with Crippen LogP contribution in [0.3, 0.4) is 0 Å². The van der Waals surface area contributed by atoms with Crippen molar-refractivity contribution >= 4 is 22.7 Å². The molecule has 2 heterocycles. The first-order valence-electron chi connectivity index (χ1n) is 12.9. The van der Waals surface area contributed by atoms with E-state index in [1.54, 1.807) is 17.0 Å². The van der Waals surface area contributed by atoms with Crippen molar-refractivity contribution in [3.63, 3.8) is 0 Å². The molecule has 2 aliphatic rings. The van der Waals surface area contributed by atoms with Crippen LogP contribution in [0.4, 0.5) is 4.39 Å². The van der Waals surface area contributed by atoms with Gasteiger partial charge in [-0.15, -0.1) is 0 Å². The smallest absolute Gasteiger partial charge is 0.329 e. The summed E-state index contributed by atoms with van der Waals surface area (Å²) in [6.45, 7) is 3.52. The summed E-state index contributed by atoms with van der Waals surface area (Å²) in [6.07, 6.45) is 5.23. The molecular weight excluding hydrogens is 475 g/mol. The fraction of sp³-hybridized carbons (Fsp3) is 0.429. The van der Waals surface area contributed by atoms with Crippen molar-refractivity contribution in [1.82, 2.24) is 19.4 Å². The van der Waals surface area contributed by atoms with Crippen molar-refractivity contribution in [2.24, 2.45) is 5.92 Å². The highest BCUT2D eigenvalue weighted by Crippen LogP contribution is 2.26. The van der Waals surface area contributed by atoms with Gasteiger partial charge in [0.05, 0.1) is 23.0 Å². The molecule has 194 valence electrons. The molecule has 0 unspecified atom stereocenters. The molecule has 1 aliphatic carbocycles. The number of nitrogens with one attached hydrogen (secondary N) is 1. The van der Waals surface area contributed by atoms with Crippen molar-refractivity contribution in [1.29, 1.82) is 0 Å². The molecule has 5 rings (SSSR count). The summed E-state index contributed by atoms with van der Waals surface area (Å²) in [6, 6.07) is 9.47. The zero-order chi connectivity index (χ0) is 26.1. The Kier molecular flexibility index (Phi) is 6.95. The van der Waals surface area contributed by atoms with E-state index in [-0.39, 0.29) is 23.9 Å². The van der Waals surface area contributed by atoms with Crippen LogP contribution in [-0.4, -0.2) is 57.3 Å². The molecule has 1 saturated heterocycles. The molecule has 0 bridgehead atoms. The van der Waals surface area contributed by atoms with E-state index in [1.165, 1.54) is 29.2 Å². The van der Waals surface area contributed by atoms with E-state index in [0.717, 1.165) is 31.2 Å². The lowest BCUT2D eigenvalue weighted by Gasteiger charge is -2.37. The Morgan fingerprint density at radius 3 is 2.38 bits per heavy atom. The third-order valence-electron chi connectivity index (χ3n) is 7.59. The van der Waals surface area contributed by atoms with E-state index in [0.29, 0.717) is 42.6 Å². The maximum Gasteiger partial charge on any atom is 0.329 e. The maximum atomic E-state index is 14.8. The van der Waals surface area contributed by atoms with E-state index in [4.69, 9.17) is 0 Å². The second-order valence-corrected chi connectivity index (χ2v) is 10.1. The zero-order valence-corrected chi connectivity index (χ0v) is 21.0. The molecule has 0 radical (unpaired) electrons. The van der Waals surface area contributed by atoms with Crippen LogP contribution in [0.5, 0.6) is 0 Å². The predicted octanol–water partition coefficient (Wildman–Crippen LogP) is 3.05. The van der Waals surface area contributed by atoms with E-state index >= 15 is 0 Å². The second kappa shape index (κ2) is 10.3. The number of fused-ring (bicyclic) bond motifs is 1. The molecule has 0 spiro atoms. The summed E-state index contributed by atoms with van der Waals surface area (Å²) in [5.74, 6) is -0.808. The summed E-state index contributed by atoms with van der Waals surface area (Å²) in [5.41, 5.74) is 0.816. The van der Waals surface area contributed by atoms with Crippen LogP contribution < -0.4 is 11.2 Å². The molecule has 3 aromatic rings. The number of hydrogen-bond donors (Lipinski definition) is 1. The number of hydrogen-bond acceptors (Lipinski definition) is 4. The topological polar surface area (TPSA) is 95.5 Å². The first-order valence-corrected chi connectivity index (χ1v) is 12.9. The SMILES string of the molecule is Cc1ccc2c(c1)c(=O)[nH]c(=O)n2Cc1ccc(F)c(C(=O)N2CCN(C(=O)C3CCCCC3)CC2)c1. The van der Waals surface area contributed by atoms with Gasteiger partial charge in [-0.3, -0.25) is 23.9 Å². The van der Waals surface area contributed by atoms with Gasteiger partial charge >= 0.3 is 5.69 Å². The van der Waals surface area contributed by atoms with Crippen molar-refractivity contribution in [3.05, 3.63) is 79.7 Å². The van der Waals surface area contributed by atoms with Gasteiger partial charge in [0.2, 0.25) is 5.91 Å². The van der Waals surface area contributed by atoms with Crippen LogP contribution in [0.25, 0.3) is 10.9 Å². The van der Waals surface area contributed by atoms with Crippen LogP contribution in [-0.2, 0) is 11.3 Å². The average Bonchev–Trinajstić information content (AvgIpc) is 2.92. The molecular formula is C28H31FN4O4. The second-order valence-electron chi connectivity index (χ2n) is 10.1. The maximum absolute atomic E-state index is 14.8. The Balaban J connectivity index is 1.33. The Morgan fingerprint density at radius 1 is 0.946 bits per heavy atom. The first kappa shape index (κ1) is 24.9. The van der Waals surface area contributed by atoms with Gasteiger partial charge in [-0.05, 0) is 49.6 Å². The number of halogens is 1. The lowest BCUT2D eigenvalue weighted by Crippen LogP contribution is -2.52. The van der Waals surface area contributed by atoms with E-state index in [1.807, 2.05) is 17.9 Å². The largest absolute Gasteiger partial charge is 0.339 e. The van der Waals surface area contributed by atoms with Crippen LogP contribution in [0, 0.1) is 18.7 Å². The Hall–Kier alpha value is -3.75. The number of nitrogens with zero attached hydrogens (tertiary/aromatic N) is 3. The first-order chi connectivity index (χ1) is 17.8. The van der Waals surface area contributed by atoms with Gasteiger partial charge in [-0.1, -0.05) is 37.0 Å². The third-order valence-corrected chi connectivity index (χ3v) is 7.59. The number of piperazine rings is 1. The molecule has 0 atom stereocenters. The van der Waals surface area contributed by atoms with Crippen molar-refractivity contribution < 1.29 is 14.0 Å². The van der Waals surface area contributed by atoms with Crippen molar-refractivity contribution in [2.75, 3.05) is 26.2 Å². The molecule has 2 aromatic carbocycles. The number of aromatic nitrogens is 2. The lowest BCUT2D eigenvalue weighted by molar-refractivity contribution is -0.138. The molecule has 1 aromatic heterocycles. The van der Waals surface area contributed by atoms with Gasteiger partial charge in [0, 0.05) is 32.1 Å². The fourth-order valence-electron chi connectivity index (χ4n) is 5.49. The number of aryl methyl sites for hydroxylation is 1. The highest BCUT2D eigenvalue weighted by atomic mass is 19.1. The highest BCUT2D eigenvalue weighted by Gasteiger charge is 2.30. The summed E-state index contributed by atoms with van der Waals surface area (Å²) < 4.78 is 16.2. The van der Waals surface area contributed by atoms with Crippen molar-refractivity contribution in [3.8, 4) is 0 Å². The highest BCUT2D eigenvalue weighted by molar-refractivity contribution is 5.95. The van der Waals surface area contributed by atoms with E-state index in [9.17, 15) is 23.6 Å². The summed E-state index contributed by atoms with van der Waals surface area (Å²) >= 11 is 0. The average molecular weight is 507 g/mol. The standard InChI is InChI=1S/C28H31FN4O4/c1-18-7-10-24-22(15-18)25(34)30-28(37)33(24)17-19-8-9-23(29)21(16-19)27(36)32-13-11-31(12-14-32)26(35)20-5-3-2-4-6-20/h7-10,15-16,20H,2-6,11-14,17H2,1H3,(H,30,34,37). The third kappa shape index (κ3) is 5.08. The number of carbonyl (C=O) groups excluding carboxylic acids is 2. The van der Waals surface area contributed by atoms with Crippen molar-refractivity contribution in [2.45, 2.75) is 45.6 Å². The molecule has 9 heteroatoms. The van der Waals surface area contributed by atoms with Crippen LogP contribution in [0.15, 0.2) is 46.0 Å². The van der Waals surface area contributed by atoms with E-state index < -0.39 is 23.0 Å². The van der Waals surface area contributed by atoms with E-state index in [2.05, 4.69) is 4.98 Å². The number of carbonyl (C=O) groups is 2. The van der Waals surface area contributed by atoms with Gasteiger partial charge in [-0.2, -0.15) is 0 Å². The minimum Gasteiger partial charge on any atom is -0.339 e. The Bertz CT molecular complexity index is 1460. The van der Waals surface area contributed by atoms with Gasteiger partial charge in [0.25, 0.3) is 11.5 Å². The number of rotatable bonds is 4. The van der Waals surface area contributed by atoms with Crippen LogP contribution in [0.2, 0.25) is 0 Å². The van der Waals surface area contributed by atoms with Crippen LogP contribution >= 0.6 is 0 Å². The molecule has 1 N–H and O–H groups in total. The molecule has 2 amide bonds. The number of H-pyrrole nitrogens is 1.